The van der Waals surface area contributed by atoms with Gasteiger partial charge in [0, 0.05) is 58.4 Å². The number of aromatic nitrogens is 1. The molecule has 3 heterocycles. The standard InChI is InChI=1S/C24H34N6O/c1-28-15-17-29(18-16-28)13-6-11-26-24(31)21-9-5-10-23(27-21)30-14-12-25-22(19-30)20-7-3-2-4-8-20/h2-5,7-10,22,25H,6,11-19H2,1H3,(H,26,31)/t22-/m1/s1. The molecule has 0 unspecified atom stereocenters. The molecule has 2 aromatic rings. The van der Waals surface area contributed by atoms with Crippen LogP contribution in [0.3, 0.4) is 0 Å². The maximum Gasteiger partial charge on any atom is 0.269 e. The van der Waals surface area contributed by atoms with Gasteiger partial charge in [0.15, 0.2) is 0 Å². The van der Waals surface area contributed by atoms with Crippen molar-refractivity contribution in [3.8, 4) is 0 Å². The second kappa shape index (κ2) is 10.7. The highest BCUT2D eigenvalue weighted by molar-refractivity contribution is 5.92. The molecule has 0 aliphatic carbocycles. The van der Waals surface area contributed by atoms with Crippen LogP contribution in [-0.4, -0.2) is 86.6 Å². The monoisotopic (exact) mass is 422 g/mol. The largest absolute Gasteiger partial charge is 0.353 e. The van der Waals surface area contributed by atoms with Crippen LogP contribution in [0.2, 0.25) is 0 Å². The zero-order chi connectivity index (χ0) is 21.5. The molecule has 1 atom stereocenters. The van der Waals surface area contributed by atoms with Crippen molar-refractivity contribution in [1.82, 2.24) is 25.4 Å². The van der Waals surface area contributed by atoms with Gasteiger partial charge in [-0.25, -0.2) is 4.98 Å². The molecule has 0 bridgehead atoms. The molecular formula is C24H34N6O. The van der Waals surface area contributed by atoms with E-state index in [-0.39, 0.29) is 11.9 Å². The smallest absolute Gasteiger partial charge is 0.269 e. The number of nitrogens with zero attached hydrogens (tertiary/aromatic N) is 4. The lowest BCUT2D eigenvalue weighted by atomic mass is 10.0. The van der Waals surface area contributed by atoms with E-state index in [4.69, 9.17) is 0 Å². The van der Waals surface area contributed by atoms with Gasteiger partial charge in [-0.3, -0.25) is 4.79 Å². The Labute approximate surface area is 185 Å². The van der Waals surface area contributed by atoms with E-state index >= 15 is 0 Å². The molecule has 7 nitrogen and oxygen atoms in total. The first-order valence-corrected chi connectivity index (χ1v) is 11.4. The number of amides is 1. The van der Waals surface area contributed by atoms with E-state index in [1.54, 1.807) is 6.07 Å². The third-order valence-electron chi connectivity index (χ3n) is 6.20. The quantitative estimate of drug-likeness (QED) is 0.661. The Morgan fingerprint density at radius 1 is 1.06 bits per heavy atom. The Hall–Kier alpha value is -2.48. The van der Waals surface area contributed by atoms with Crippen molar-refractivity contribution in [1.29, 1.82) is 0 Å². The number of pyridine rings is 1. The number of likely N-dealkylation sites (N-methyl/N-ethyl adjacent to an activating group) is 1. The Kier molecular flexibility index (Phi) is 7.51. The Bertz CT molecular complexity index is 837. The van der Waals surface area contributed by atoms with Crippen LogP contribution in [0.5, 0.6) is 0 Å². The third kappa shape index (κ3) is 6.03. The number of hydrogen-bond acceptors (Lipinski definition) is 6. The SMILES string of the molecule is CN1CCN(CCCNC(=O)c2cccc(N3CCN[C@@H](c4ccccc4)C3)n2)CC1. The van der Waals surface area contributed by atoms with Gasteiger partial charge in [0.25, 0.3) is 5.91 Å². The van der Waals surface area contributed by atoms with Crippen molar-refractivity contribution in [2.24, 2.45) is 0 Å². The van der Waals surface area contributed by atoms with Gasteiger partial charge in [0.2, 0.25) is 0 Å². The van der Waals surface area contributed by atoms with Gasteiger partial charge < -0.3 is 25.3 Å². The number of rotatable bonds is 7. The van der Waals surface area contributed by atoms with E-state index in [0.717, 1.165) is 64.6 Å². The molecule has 31 heavy (non-hydrogen) atoms. The van der Waals surface area contributed by atoms with Crippen LogP contribution >= 0.6 is 0 Å². The summed E-state index contributed by atoms with van der Waals surface area (Å²) in [5.41, 5.74) is 1.77. The molecule has 7 heteroatoms. The molecule has 0 spiro atoms. The number of carbonyl (C=O) groups is 1. The minimum atomic E-state index is -0.0880. The summed E-state index contributed by atoms with van der Waals surface area (Å²) in [5.74, 6) is 0.780. The maximum atomic E-state index is 12.6. The first kappa shape index (κ1) is 21.7. The summed E-state index contributed by atoms with van der Waals surface area (Å²) in [6.45, 7) is 8.80. The van der Waals surface area contributed by atoms with Gasteiger partial charge in [-0.1, -0.05) is 36.4 Å². The number of piperazine rings is 2. The molecule has 2 aliphatic heterocycles. The summed E-state index contributed by atoms with van der Waals surface area (Å²) < 4.78 is 0. The molecule has 1 amide bonds. The Morgan fingerprint density at radius 3 is 2.68 bits per heavy atom. The molecule has 0 radical (unpaired) electrons. The van der Waals surface area contributed by atoms with Gasteiger partial charge in [0.1, 0.15) is 11.5 Å². The van der Waals surface area contributed by atoms with E-state index < -0.39 is 0 Å². The lowest BCUT2D eigenvalue weighted by molar-refractivity contribution is 0.0944. The van der Waals surface area contributed by atoms with Crippen LogP contribution in [0.4, 0.5) is 5.82 Å². The van der Waals surface area contributed by atoms with Gasteiger partial charge >= 0.3 is 0 Å². The molecule has 1 aromatic heterocycles. The normalized spacial score (nSPS) is 20.5. The summed E-state index contributed by atoms with van der Waals surface area (Å²) in [5, 5.41) is 6.62. The molecule has 166 valence electrons. The minimum Gasteiger partial charge on any atom is -0.353 e. The second-order valence-corrected chi connectivity index (χ2v) is 8.50. The van der Waals surface area contributed by atoms with Crippen molar-refractivity contribution in [2.75, 3.05) is 70.9 Å². The van der Waals surface area contributed by atoms with E-state index in [1.807, 2.05) is 18.2 Å². The highest BCUT2D eigenvalue weighted by Crippen LogP contribution is 2.21. The Morgan fingerprint density at radius 2 is 1.87 bits per heavy atom. The fraction of sp³-hybridized carbons (Fsp3) is 0.500. The van der Waals surface area contributed by atoms with Gasteiger partial charge in [-0.2, -0.15) is 0 Å². The number of anilines is 1. The van der Waals surface area contributed by atoms with E-state index in [9.17, 15) is 4.79 Å². The number of nitrogens with one attached hydrogen (secondary N) is 2. The van der Waals surface area contributed by atoms with Crippen LogP contribution in [0.1, 0.15) is 28.5 Å². The molecule has 2 N–H and O–H groups in total. The van der Waals surface area contributed by atoms with Crippen LogP contribution in [0.25, 0.3) is 0 Å². The Balaban J connectivity index is 1.28. The summed E-state index contributed by atoms with van der Waals surface area (Å²) in [6.07, 6.45) is 0.964. The van der Waals surface area contributed by atoms with E-state index in [0.29, 0.717) is 12.2 Å². The van der Waals surface area contributed by atoms with Gasteiger partial charge in [0.05, 0.1) is 0 Å². The molecule has 2 aliphatic rings. The molecule has 2 saturated heterocycles. The van der Waals surface area contributed by atoms with Crippen LogP contribution in [-0.2, 0) is 0 Å². The highest BCUT2D eigenvalue weighted by Gasteiger charge is 2.22. The zero-order valence-corrected chi connectivity index (χ0v) is 18.5. The minimum absolute atomic E-state index is 0.0880. The van der Waals surface area contributed by atoms with E-state index in [1.165, 1.54) is 5.56 Å². The van der Waals surface area contributed by atoms with Crippen molar-refractivity contribution >= 4 is 11.7 Å². The molecule has 4 rings (SSSR count). The van der Waals surface area contributed by atoms with Crippen LogP contribution < -0.4 is 15.5 Å². The average Bonchev–Trinajstić information content (AvgIpc) is 2.83. The predicted octanol–water partition coefficient (Wildman–Crippen LogP) is 1.60. The lowest BCUT2D eigenvalue weighted by Crippen LogP contribution is -2.46. The fourth-order valence-corrected chi connectivity index (χ4v) is 4.26. The molecule has 2 fully saturated rings. The second-order valence-electron chi connectivity index (χ2n) is 8.50. The first-order chi connectivity index (χ1) is 15.2. The summed E-state index contributed by atoms with van der Waals surface area (Å²) in [7, 11) is 2.17. The van der Waals surface area contributed by atoms with Crippen LogP contribution in [0.15, 0.2) is 48.5 Å². The molecule has 0 saturated carbocycles. The fourth-order valence-electron chi connectivity index (χ4n) is 4.26. The summed E-state index contributed by atoms with van der Waals surface area (Å²) in [6, 6.07) is 16.5. The first-order valence-electron chi connectivity index (χ1n) is 11.4. The highest BCUT2D eigenvalue weighted by atomic mass is 16.1. The molecular weight excluding hydrogens is 388 g/mol. The average molecular weight is 423 g/mol. The number of hydrogen-bond donors (Lipinski definition) is 2. The third-order valence-corrected chi connectivity index (χ3v) is 6.20. The van der Waals surface area contributed by atoms with Crippen molar-refractivity contribution < 1.29 is 4.79 Å². The van der Waals surface area contributed by atoms with Gasteiger partial charge in [-0.15, -0.1) is 0 Å². The maximum absolute atomic E-state index is 12.6. The summed E-state index contributed by atoms with van der Waals surface area (Å²) in [4.78, 5) is 24.4. The number of benzene rings is 1. The van der Waals surface area contributed by atoms with E-state index in [2.05, 4.69) is 61.6 Å². The topological polar surface area (TPSA) is 63.7 Å². The lowest BCUT2D eigenvalue weighted by Gasteiger charge is -2.35. The summed E-state index contributed by atoms with van der Waals surface area (Å²) >= 11 is 0. The predicted molar refractivity (Wildman–Crippen MR) is 125 cm³/mol. The van der Waals surface area contributed by atoms with Crippen molar-refractivity contribution in [3.63, 3.8) is 0 Å². The van der Waals surface area contributed by atoms with Gasteiger partial charge in [-0.05, 0) is 37.7 Å². The van der Waals surface area contributed by atoms with Crippen molar-refractivity contribution in [3.05, 3.63) is 59.8 Å². The van der Waals surface area contributed by atoms with Crippen molar-refractivity contribution in [2.45, 2.75) is 12.5 Å². The number of carbonyl (C=O) groups excluding carboxylic acids is 1. The zero-order valence-electron chi connectivity index (χ0n) is 18.5. The van der Waals surface area contributed by atoms with Crippen LogP contribution in [0, 0.1) is 0 Å². The molecule has 1 aromatic carbocycles.